The summed E-state index contributed by atoms with van der Waals surface area (Å²) in [7, 11) is 0. The first kappa shape index (κ1) is 26.6. The van der Waals surface area contributed by atoms with Crippen LogP contribution in [0.3, 0.4) is 0 Å². The number of halogens is 3. The molecule has 0 saturated carbocycles. The minimum Gasteiger partial charge on any atom is -0.382 e. The number of nitrogens with one attached hydrogen (secondary N) is 2. The third kappa shape index (κ3) is 6.27. The average Bonchev–Trinajstić information content (AvgIpc) is 2.90. The number of aliphatic imine (C=N–C) groups is 1. The molecule has 1 aliphatic heterocycles. The van der Waals surface area contributed by atoms with E-state index in [9.17, 15) is 18.0 Å². The molecule has 0 bridgehead atoms. The van der Waals surface area contributed by atoms with E-state index >= 15 is 0 Å². The van der Waals surface area contributed by atoms with Crippen LogP contribution in [-0.2, 0) is 10.9 Å². The fourth-order valence-corrected chi connectivity index (χ4v) is 3.73. The SMILES string of the molecule is C=CNc1cnc(N2CCOCC2)nc1C(N)=Nc1cc(C(=O)Nc2cccc(C(F)(F)F)c2)ccc1C. The van der Waals surface area contributed by atoms with Crippen molar-refractivity contribution >= 4 is 34.8 Å². The van der Waals surface area contributed by atoms with E-state index in [-0.39, 0.29) is 17.1 Å². The van der Waals surface area contributed by atoms with Gasteiger partial charge in [0, 0.05) is 24.3 Å². The molecule has 0 unspecified atom stereocenters. The van der Waals surface area contributed by atoms with E-state index in [1.165, 1.54) is 24.4 Å². The van der Waals surface area contributed by atoms with Crippen LogP contribution >= 0.6 is 0 Å². The van der Waals surface area contributed by atoms with Crippen molar-refractivity contribution in [1.29, 1.82) is 0 Å². The van der Waals surface area contributed by atoms with Crippen molar-refractivity contribution in [2.24, 2.45) is 10.7 Å². The number of aromatic nitrogens is 2. The van der Waals surface area contributed by atoms with Crippen LogP contribution in [0, 0.1) is 6.92 Å². The van der Waals surface area contributed by atoms with Gasteiger partial charge in [0.2, 0.25) is 5.95 Å². The maximum Gasteiger partial charge on any atom is 0.416 e. The summed E-state index contributed by atoms with van der Waals surface area (Å²) in [6.45, 7) is 7.85. The van der Waals surface area contributed by atoms with E-state index < -0.39 is 17.6 Å². The quantitative estimate of drug-likeness (QED) is 0.307. The van der Waals surface area contributed by atoms with Gasteiger partial charge in [-0.3, -0.25) is 4.79 Å². The minimum absolute atomic E-state index is 0.0201. The zero-order chi connectivity index (χ0) is 27.3. The maximum atomic E-state index is 13.0. The highest BCUT2D eigenvalue weighted by Gasteiger charge is 2.30. The maximum absolute atomic E-state index is 13.0. The molecule has 1 saturated heterocycles. The second kappa shape index (κ2) is 11.3. The summed E-state index contributed by atoms with van der Waals surface area (Å²) < 4.78 is 44.5. The van der Waals surface area contributed by atoms with Gasteiger partial charge in [0.1, 0.15) is 5.69 Å². The number of carbonyl (C=O) groups excluding carboxylic acids is 1. The fourth-order valence-electron chi connectivity index (χ4n) is 3.73. The number of carbonyl (C=O) groups is 1. The van der Waals surface area contributed by atoms with Crippen molar-refractivity contribution in [2.45, 2.75) is 13.1 Å². The molecule has 2 aromatic carbocycles. The average molecular weight is 526 g/mol. The van der Waals surface area contributed by atoms with Gasteiger partial charge in [0.05, 0.1) is 36.3 Å². The summed E-state index contributed by atoms with van der Waals surface area (Å²) in [5.41, 5.74) is 7.69. The van der Waals surface area contributed by atoms with Crippen molar-refractivity contribution in [3.63, 3.8) is 0 Å². The van der Waals surface area contributed by atoms with Crippen LogP contribution in [0.4, 0.5) is 36.2 Å². The standard InChI is InChI=1S/C26H26F3N7O2/c1-3-31-21-15-32-25(36-9-11-38-12-10-36)35-22(21)23(30)34-20-13-17(8-7-16(20)2)24(37)33-19-6-4-5-18(14-19)26(27,28)29/h3-8,13-15,31H,1,9-12H2,2H3,(H2,30,34)(H,33,37). The molecule has 1 aliphatic rings. The predicted octanol–water partition coefficient (Wildman–Crippen LogP) is 4.49. The number of hydrogen-bond donors (Lipinski definition) is 3. The second-order valence-corrected chi connectivity index (χ2v) is 8.41. The largest absolute Gasteiger partial charge is 0.416 e. The molecular weight excluding hydrogens is 499 g/mol. The topological polar surface area (TPSA) is 118 Å². The number of anilines is 3. The summed E-state index contributed by atoms with van der Waals surface area (Å²) in [5.74, 6) is -0.0446. The molecule has 38 heavy (non-hydrogen) atoms. The van der Waals surface area contributed by atoms with Crippen molar-refractivity contribution in [3.05, 3.63) is 83.8 Å². The molecule has 12 heteroatoms. The van der Waals surface area contributed by atoms with Gasteiger partial charge in [0.25, 0.3) is 5.91 Å². The van der Waals surface area contributed by atoms with E-state index in [4.69, 9.17) is 10.5 Å². The number of amidine groups is 1. The van der Waals surface area contributed by atoms with Crippen LogP contribution in [0.5, 0.6) is 0 Å². The number of nitrogens with zero attached hydrogens (tertiary/aromatic N) is 4. The number of aryl methyl sites for hydroxylation is 1. The van der Waals surface area contributed by atoms with Gasteiger partial charge < -0.3 is 26.0 Å². The lowest BCUT2D eigenvalue weighted by molar-refractivity contribution is -0.137. The van der Waals surface area contributed by atoms with Crippen LogP contribution in [0.15, 0.2) is 66.4 Å². The molecule has 2 heterocycles. The highest BCUT2D eigenvalue weighted by Crippen LogP contribution is 2.31. The lowest BCUT2D eigenvalue weighted by atomic mass is 10.1. The smallest absolute Gasteiger partial charge is 0.382 e. The van der Waals surface area contributed by atoms with Gasteiger partial charge in [-0.15, -0.1) is 0 Å². The molecule has 0 aliphatic carbocycles. The molecule has 0 spiro atoms. The number of alkyl halides is 3. The fraction of sp³-hybridized carbons (Fsp3) is 0.231. The molecule has 9 nitrogen and oxygen atoms in total. The Morgan fingerprint density at radius 3 is 2.68 bits per heavy atom. The lowest BCUT2D eigenvalue weighted by Gasteiger charge is -2.27. The normalized spacial score (nSPS) is 14.2. The Kier molecular flexibility index (Phi) is 7.91. The number of rotatable bonds is 7. The van der Waals surface area contributed by atoms with E-state index in [2.05, 4.69) is 32.2 Å². The molecule has 4 rings (SSSR count). The molecule has 1 amide bonds. The van der Waals surface area contributed by atoms with Gasteiger partial charge in [-0.05, 0) is 49.0 Å². The van der Waals surface area contributed by atoms with Crippen molar-refractivity contribution in [1.82, 2.24) is 9.97 Å². The van der Waals surface area contributed by atoms with Crippen LogP contribution in [0.2, 0.25) is 0 Å². The lowest BCUT2D eigenvalue weighted by Crippen LogP contribution is -2.37. The van der Waals surface area contributed by atoms with Crippen molar-refractivity contribution in [2.75, 3.05) is 41.8 Å². The second-order valence-electron chi connectivity index (χ2n) is 8.41. The molecule has 1 fully saturated rings. The Morgan fingerprint density at radius 2 is 1.97 bits per heavy atom. The van der Waals surface area contributed by atoms with Crippen molar-refractivity contribution in [3.8, 4) is 0 Å². The van der Waals surface area contributed by atoms with Gasteiger partial charge >= 0.3 is 6.18 Å². The summed E-state index contributed by atoms with van der Waals surface area (Å²) in [4.78, 5) is 28.3. The van der Waals surface area contributed by atoms with Crippen LogP contribution in [0.25, 0.3) is 0 Å². The molecule has 198 valence electrons. The first-order valence-electron chi connectivity index (χ1n) is 11.7. The van der Waals surface area contributed by atoms with Crippen molar-refractivity contribution < 1.29 is 22.7 Å². The van der Waals surface area contributed by atoms with Crippen LogP contribution in [0.1, 0.15) is 27.2 Å². The minimum atomic E-state index is -4.52. The number of amides is 1. The third-order valence-corrected chi connectivity index (χ3v) is 5.73. The first-order chi connectivity index (χ1) is 18.2. The zero-order valence-electron chi connectivity index (χ0n) is 20.5. The van der Waals surface area contributed by atoms with Crippen LogP contribution < -0.4 is 21.3 Å². The molecule has 1 aromatic heterocycles. The highest BCUT2D eigenvalue weighted by molar-refractivity contribution is 6.06. The third-order valence-electron chi connectivity index (χ3n) is 5.73. The zero-order valence-corrected chi connectivity index (χ0v) is 20.5. The van der Waals surface area contributed by atoms with E-state index in [0.717, 1.165) is 17.7 Å². The molecule has 3 aromatic rings. The Balaban J connectivity index is 1.62. The van der Waals surface area contributed by atoms with Gasteiger partial charge in [-0.25, -0.2) is 15.0 Å². The van der Waals surface area contributed by atoms with Crippen LogP contribution in [-0.4, -0.2) is 48.0 Å². The molecule has 0 radical (unpaired) electrons. The Labute approximate surface area is 217 Å². The molecular formula is C26H26F3N7O2. The molecule has 0 atom stereocenters. The number of benzene rings is 2. The van der Waals surface area contributed by atoms with E-state index in [1.807, 2.05) is 4.90 Å². The van der Waals surface area contributed by atoms with Gasteiger partial charge in [-0.1, -0.05) is 18.7 Å². The summed E-state index contributed by atoms with van der Waals surface area (Å²) >= 11 is 0. The summed E-state index contributed by atoms with van der Waals surface area (Å²) in [6, 6.07) is 9.16. The number of nitrogens with two attached hydrogens (primary N) is 1. The Morgan fingerprint density at radius 1 is 1.21 bits per heavy atom. The van der Waals surface area contributed by atoms with E-state index in [0.29, 0.717) is 49.3 Å². The number of ether oxygens (including phenoxy) is 1. The Bertz CT molecular complexity index is 1370. The summed E-state index contributed by atoms with van der Waals surface area (Å²) in [6.07, 6.45) is -1.47. The first-order valence-corrected chi connectivity index (χ1v) is 11.7. The highest BCUT2D eigenvalue weighted by atomic mass is 19.4. The predicted molar refractivity (Wildman–Crippen MR) is 140 cm³/mol. The van der Waals surface area contributed by atoms with E-state index in [1.54, 1.807) is 25.3 Å². The Hall–Kier alpha value is -4.45. The number of hydrogen-bond acceptors (Lipinski definition) is 7. The molecule has 4 N–H and O–H groups in total. The number of morpholine rings is 1. The summed E-state index contributed by atoms with van der Waals surface area (Å²) in [5, 5.41) is 5.45. The van der Waals surface area contributed by atoms with Gasteiger partial charge in [-0.2, -0.15) is 13.2 Å². The van der Waals surface area contributed by atoms with Gasteiger partial charge in [0.15, 0.2) is 5.84 Å². The monoisotopic (exact) mass is 525 g/mol.